The third-order valence-corrected chi connectivity index (χ3v) is 2.94. The number of halogens is 4. The van der Waals surface area contributed by atoms with Crippen LogP contribution in [0.1, 0.15) is 10.4 Å². The Morgan fingerprint density at radius 2 is 1.70 bits per heavy atom. The fraction of sp³-hybridized carbons (Fsp3) is 0.0667. The molecular formula is C15H9ClF3NO3. The first-order chi connectivity index (χ1) is 10.9. The van der Waals surface area contributed by atoms with Gasteiger partial charge in [0.25, 0.3) is 5.91 Å². The SMILES string of the molecule is O=C(COC(=O)c1cc(Cl)ccc1F)Nc1c(F)cccc1F. The number of nitrogens with one attached hydrogen (secondary N) is 1. The summed E-state index contributed by atoms with van der Waals surface area (Å²) in [6.45, 7) is -0.849. The maximum Gasteiger partial charge on any atom is 0.341 e. The molecule has 2 aromatic rings. The van der Waals surface area contributed by atoms with Gasteiger partial charge in [0.15, 0.2) is 6.61 Å². The Labute approximate surface area is 133 Å². The fourth-order valence-electron chi connectivity index (χ4n) is 1.66. The van der Waals surface area contributed by atoms with Gasteiger partial charge in [-0.2, -0.15) is 0 Å². The van der Waals surface area contributed by atoms with Gasteiger partial charge in [0.1, 0.15) is 23.1 Å². The second kappa shape index (κ2) is 7.15. The Bertz CT molecular complexity index is 747. The van der Waals surface area contributed by atoms with Crippen molar-refractivity contribution in [3.8, 4) is 0 Å². The predicted molar refractivity (Wildman–Crippen MR) is 76.7 cm³/mol. The van der Waals surface area contributed by atoms with E-state index in [9.17, 15) is 22.8 Å². The summed E-state index contributed by atoms with van der Waals surface area (Å²) in [5.74, 6) is -4.95. The Balaban J connectivity index is 1.99. The van der Waals surface area contributed by atoms with E-state index in [1.165, 1.54) is 6.07 Å². The molecule has 2 rings (SSSR count). The lowest BCUT2D eigenvalue weighted by atomic mass is 10.2. The number of ether oxygens (including phenoxy) is 1. The van der Waals surface area contributed by atoms with Crippen LogP contribution in [0.25, 0.3) is 0 Å². The molecule has 2 aromatic carbocycles. The van der Waals surface area contributed by atoms with Gasteiger partial charge < -0.3 is 10.1 Å². The Morgan fingerprint density at radius 3 is 2.35 bits per heavy atom. The molecule has 0 unspecified atom stereocenters. The number of rotatable bonds is 4. The van der Waals surface area contributed by atoms with E-state index in [1.54, 1.807) is 0 Å². The predicted octanol–water partition coefficient (Wildman–Crippen LogP) is 3.55. The molecular weight excluding hydrogens is 335 g/mol. The van der Waals surface area contributed by atoms with Crippen molar-refractivity contribution in [3.05, 3.63) is 64.4 Å². The summed E-state index contributed by atoms with van der Waals surface area (Å²) in [4.78, 5) is 23.2. The zero-order chi connectivity index (χ0) is 17.0. The van der Waals surface area contributed by atoms with Gasteiger partial charge in [0.2, 0.25) is 0 Å². The van der Waals surface area contributed by atoms with Gasteiger partial charge in [0.05, 0.1) is 5.56 Å². The molecule has 0 saturated heterocycles. The second-order valence-electron chi connectivity index (χ2n) is 4.35. The molecule has 0 aliphatic heterocycles. The van der Waals surface area contributed by atoms with Crippen LogP contribution < -0.4 is 5.32 Å². The molecule has 0 aliphatic carbocycles. The zero-order valence-electron chi connectivity index (χ0n) is 11.4. The van der Waals surface area contributed by atoms with Crippen molar-refractivity contribution in [1.29, 1.82) is 0 Å². The number of amides is 1. The second-order valence-corrected chi connectivity index (χ2v) is 4.78. The van der Waals surface area contributed by atoms with Gasteiger partial charge in [-0.15, -0.1) is 0 Å². The molecule has 1 amide bonds. The quantitative estimate of drug-likeness (QED) is 0.864. The van der Waals surface area contributed by atoms with Gasteiger partial charge >= 0.3 is 5.97 Å². The smallest absolute Gasteiger partial charge is 0.341 e. The normalized spacial score (nSPS) is 10.3. The molecule has 0 aliphatic rings. The topological polar surface area (TPSA) is 55.4 Å². The van der Waals surface area contributed by atoms with E-state index in [1.807, 2.05) is 5.32 Å². The highest BCUT2D eigenvalue weighted by molar-refractivity contribution is 6.30. The van der Waals surface area contributed by atoms with Crippen molar-refractivity contribution < 1.29 is 27.5 Å². The molecule has 120 valence electrons. The van der Waals surface area contributed by atoms with E-state index in [2.05, 4.69) is 4.74 Å². The van der Waals surface area contributed by atoms with Crippen molar-refractivity contribution in [2.24, 2.45) is 0 Å². The van der Waals surface area contributed by atoms with Crippen LogP contribution in [0.4, 0.5) is 18.9 Å². The molecule has 0 bridgehead atoms. The van der Waals surface area contributed by atoms with Gasteiger partial charge in [-0.05, 0) is 30.3 Å². The number of benzene rings is 2. The van der Waals surface area contributed by atoms with Crippen LogP contribution in [0.15, 0.2) is 36.4 Å². The zero-order valence-corrected chi connectivity index (χ0v) is 12.2. The van der Waals surface area contributed by atoms with E-state index in [0.29, 0.717) is 0 Å². The standard InChI is InChI=1S/C15H9ClF3NO3/c16-8-4-5-10(17)9(6-8)15(22)23-7-13(21)20-14-11(18)2-1-3-12(14)19/h1-6H,7H2,(H,20,21). The van der Waals surface area contributed by atoms with Gasteiger partial charge in [-0.3, -0.25) is 4.79 Å². The van der Waals surface area contributed by atoms with Crippen molar-refractivity contribution in [2.45, 2.75) is 0 Å². The molecule has 0 radical (unpaired) electrons. The van der Waals surface area contributed by atoms with Crippen molar-refractivity contribution in [1.82, 2.24) is 0 Å². The summed E-state index contributed by atoms with van der Waals surface area (Å²) in [5.41, 5.74) is -1.12. The summed E-state index contributed by atoms with van der Waals surface area (Å²) < 4.78 is 44.7. The van der Waals surface area contributed by atoms with Crippen LogP contribution in [0.5, 0.6) is 0 Å². The molecule has 23 heavy (non-hydrogen) atoms. The number of esters is 1. The van der Waals surface area contributed by atoms with Crippen LogP contribution in [0.3, 0.4) is 0 Å². The lowest BCUT2D eigenvalue weighted by Gasteiger charge is -2.08. The number of para-hydroxylation sites is 1. The van der Waals surface area contributed by atoms with Gasteiger partial charge in [0, 0.05) is 5.02 Å². The van der Waals surface area contributed by atoms with E-state index in [-0.39, 0.29) is 5.02 Å². The average molecular weight is 344 g/mol. The first-order valence-electron chi connectivity index (χ1n) is 6.24. The maximum absolute atomic E-state index is 13.4. The molecule has 1 N–H and O–H groups in total. The highest BCUT2D eigenvalue weighted by Crippen LogP contribution is 2.18. The monoisotopic (exact) mass is 343 g/mol. The summed E-state index contributed by atoms with van der Waals surface area (Å²) in [5, 5.41) is 2.03. The Hall–Kier alpha value is -2.54. The lowest BCUT2D eigenvalue weighted by molar-refractivity contribution is -0.119. The molecule has 0 saturated carbocycles. The van der Waals surface area contributed by atoms with Crippen LogP contribution in [-0.4, -0.2) is 18.5 Å². The van der Waals surface area contributed by atoms with E-state index in [0.717, 1.165) is 30.3 Å². The summed E-state index contributed by atoms with van der Waals surface area (Å²) in [6, 6.07) is 6.27. The molecule has 0 spiro atoms. The van der Waals surface area contributed by atoms with Crippen molar-refractivity contribution in [3.63, 3.8) is 0 Å². The van der Waals surface area contributed by atoms with Gasteiger partial charge in [-0.25, -0.2) is 18.0 Å². The first-order valence-corrected chi connectivity index (χ1v) is 6.62. The number of anilines is 1. The van der Waals surface area contributed by atoms with Crippen molar-refractivity contribution in [2.75, 3.05) is 11.9 Å². The van der Waals surface area contributed by atoms with Crippen molar-refractivity contribution >= 4 is 29.2 Å². The fourth-order valence-corrected chi connectivity index (χ4v) is 1.83. The van der Waals surface area contributed by atoms with E-state index < -0.39 is 47.2 Å². The first kappa shape index (κ1) is 16.8. The van der Waals surface area contributed by atoms with E-state index in [4.69, 9.17) is 11.6 Å². The summed E-state index contributed by atoms with van der Waals surface area (Å²) >= 11 is 5.63. The minimum atomic E-state index is -1.13. The Morgan fingerprint density at radius 1 is 1.04 bits per heavy atom. The number of hydrogen-bond donors (Lipinski definition) is 1. The largest absolute Gasteiger partial charge is 0.452 e. The molecule has 8 heteroatoms. The number of carbonyl (C=O) groups is 2. The average Bonchev–Trinajstić information content (AvgIpc) is 2.51. The Kier molecular flexibility index (Phi) is 5.23. The third kappa shape index (κ3) is 4.23. The highest BCUT2D eigenvalue weighted by Gasteiger charge is 2.17. The van der Waals surface area contributed by atoms with Crippen LogP contribution in [0, 0.1) is 17.5 Å². The molecule has 0 atom stereocenters. The lowest BCUT2D eigenvalue weighted by Crippen LogP contribution is -2.22. The minimum absolute atomic E-state index is 0.108. The maximum atomic E-state index is 13.4. The van der Waals surface area contributed by atoms with E-state index >= 15 is 0 Å². The molecule has 4 nitrogen and oxygen atoms in total. The highest BCUT2D eigenvalue weighted by atomic mass is 35.5. The molecule has 0 aromatic heterocycles. The minimum Gasteiger partial charge on any atom is -0.452 e. The third-order valence-electron chi connectivity index (χ3n) is 2.71. The molecule has 0 heterocycles. The van der Waals surface area contributed by atoms with Crippen LogP contribution in [-0.2, 0) is 9.53 Å². The van der Waals surface area contributed by atoms with Crippen LogP contribution in [0.2, 0.25) is 5.02 Å². The van der Waals surface area contributed by atoms with Crippen LogP contribution >= 0.6 is 11.6 Å². The number of carbonyl (C=O) groups excluding carboxylic acids is 2. The summed E-state index contributed by atoms with van der Waals surface area (Å²) in [7, 11) is 0. The molecule has 0 fully saturated rings. The van der Waals surface area contributed by atoms with Gasteiger partial charge in [-0.1, -0.05) is 17.7 Å². The summed E-state index contributed by atoms with van der Waals surface area (Å²) in [6.07, 6.45) is 0. The number of hydrogen-bond acceptors (Lipinski definition) is 3.